The molecule has 22 heteroatoms. The Bertz CT molecular complexity index is 3110. The second-order valence-corrected chi connectivity index (χ2v) is 23.3. The minimum atomic E-state index is -2.02. The zero-order chi connectivity index (χ0) is 58.2. The van der Waals surface area contributed by atoms with E-state index in [1.807, 2.05) is 43.3 Å². The Labute approximate surface area is 474 Å². The van der Waals surface area contributed by atoms with E-state index in [1.165, 1.54) is 39.3 Å². The Morgan fingerprint density at radius 3 is 2.25 bits per heavy atom. The number of rotatable bonds is 24. The number of benzene rings is 3. The summed E-state index contributed by atoms with van der Waals surface area (Å²) in [5, 5.41) is 39.6. The van der Waals surface area contributed by atoms with Crippen molar-refractivity contribution >= 4 is 52.7 Å². The molecular formula is C59H72FN9O11S. The van der Waals surface area contributed by atoms with Gasteiger partial charge in [0.2, 0.25) is 17.7 Å². The monoisotopic (exact) mass is 1130 g/mol. The fraction of sp³-hybridized carbons (Fsp3) is 0.475. The molecule has 3 aliphatic rings. The van der Waals surface area contributed by atoms with Crippen LogP contribution in [0, 0.1) is 12.3 Å². The lowest BCUT2D eigenvalue weighted by molar-refractivity contribution is -0.145. The van der Waals surface area contributed by atoms with Crippen molar-refractivity contribution in [1.29, 1.82) is 0 Å². The first-order chi connectivity index (χ1) is 38.6. The normalized spacial score (nSPS) is 17.8. The highest BCUT2D eigenvalue weighted by Gasteiger charge is 2.53. The number of β-amino-alcohol motifs (C(OH)–C–C–N with tert-alkyl or cyclic N) is 1. The molecule has 5 atom stereocenters. The third-order valence-corrected chi connectivity index (χ3v) is 15.9. The number of carbonyl (C=O) groups excluding carboxylic acids is 7. The number of aryl methyl sites for hydroxylation is 2. The van der Waals surface area contributed by atoms with Crippen LogP contribution in [-0.2, 0) is 30.4 Å². The van der Waals surface area contributed by atoms with Gasteiger partial charge in [-0.15, -0.1) is 11.3 Å². The van der Waals surface area contributed by atoms with E-state index in [0.29, 0.717) is 42.8 Å². The van der Waals surface area contributed by atoms with E-state index in [4.69, 9.17) is 9.26 Å². The summed E-state index contributed by atoms with van der Waals surface area (Å²) in [7, 11) is 3.17. The highest BCUT2D eigenvalue weighted by molar-refractivity contribution is 7.13. The number of nitrogens with zero attached hydrogens (tertiary/aromatic N) is 4. The van der Waals surface area contributed by atoms with Gasteiger partial charge in [-0.2, -0.15) is 0 Å². The fourth-order valence-corrected chi connectivity index (χ4v) is 10.9. The molecule has 7 amide bonds. The number of aliphatic hydroxyl groups is 1. The van der Waals surface area contributed by atoms with Crippen molar-refractivity contribution in [3.05, 3.63) is 106 Å². The molecular weight excluding hydrogens is 1060 g/mol. The summed E-state index contributed by atoms with van der Waals surface area (Å²) in [6, 6.07) is 15.6. The third kappa shape index (κ3) is 15.0. The molecule has 432 valence electrons. The molecule has 0 spiro atoms. The topological polar surface area (TPSA) is 275 Å². The first-order valence-corrected chi connectivity index (χ1v) is 28.4. The number of likely N-dealkylation sites (tertiary alicyclic amines) is 1. The average molecular weight is 1130 g/mol. The Morgan fingerprint density at radius 1 is 0.901 bits per heavy atom. The number of nitrogens with one attached hydrogen (secondary N) is 5. The van der Waals surface area contributed by atoms with Gasteiger partial charge in [0.25, 0.3) is 23.6 Å². The van der Waals surface area contributed by atoms with Crippen molar-refractivity contribution in [3.8, 4) is 33.3 Å². The smallest absolute Gasteiger partial charge is 0.273 e. The Balaban J connectivity index is 0.754. The van der Waals surface area contributed by atoms with Crippen LogP contribution < -0.4 is 31.3 Å². The summed E-state index contributed by atoms with van der Waals surface area (Å²) in [6.07, 6.45) is 4.32. The lowest BCUT2D eigenvalue weighted by Gasteiger charge is -2.36. The molecule has 8 rings (SSSR count). The van der Waals surface area contributed by atoms with Crippen LogP contribution in [0.5, 0.6) is 11.5 Å². The van der Waals surface area contributed by atoms with Gasteiger partial charge in [0.05, 0.1) is 46.3 Å². The number of aromatic hydroxyl groups is 1. The number of thiazole rings is 1. The maximum Gasteiger partial charge on any atom is 0.273 e. The largest absolute Gasteiger partial charge is 0.507 e. The molecule has 3 heterocycles. The van der Waals surface area contributed by atoms with Crippen molar-refractivity contribution in [1.82, 2.24) is 46.5 Å². The Morgan fingerprint density at radius 2 is 1.59 bits per heavy atom. The van der Waals surface area contributed by atoms with E-state index in [0.717, 1.165) is 59.4 Å². The van der Waals surface area contributed by atoms with Crippen LogP contribution >= 0.6 is 11.3 Å². The number of halogens is 1. The molecule has 7 N–H and O–H groups in total. The first kappa shape index (κ1) is 59.4. The highest BCUT2D eigenvalue weighted by Crippen LogP contribution is 2.41. The molecule has 0 radical (unpaired) electrons. The summed E-state index contributed by atoms with van der Waals surface area (Å²) in [4.78, 5) is 101. The lowest BCUT2D eigenvalue weighted by Crippen LogP contribution is -2.59. The van der Waals surface area contributed by atoms with Crippen LogP contribution in [-0.4, -0.2) is 136 Å². The average Bonchev–Trinajstić information content (AvgIpc) is 4.03. The molecule has 5 aromatic rings. The molecule has 2 aromatic heterocycles. The van der Waals surface area contributed by atoms with E-state index in [1.54, 1.807) is 52.5 Å². The predicted octanol–water partition coefficient (Wildman–Crippen LogP) is 6.40. The molecule has 1 saturated heterocycles. The molecule has 0 bridgehead atoms. The van der Waals surface area contributed by atoms with Gasteiger partial charge in [-0.05, 0) is 97.4 Å². The van der Waals surface area contributed by atoms with Crippen LogP contribution in [0.4, 0.5) is 4.39 Å². The number of unbranched alkanes of at least 4 members (excludes halogenated alkanes) is 4. The number of hydrogen-bond donors (Lipinski definition) is 7. The zero-order valence-corrected chi connectivity index (χ0v) is 47.4. The second kappa shape index (κ2) is 25.8. The molecule has 20 nitrogen and oxygen atoms in total. The number of aromatic nitrogens is 2. The van der Waals surface area contributed by atoms with Gasteiger partial charge < -0.3 is 55.9 Å². The molecule has 1 aliphatic heterocycles. The highest BCUT2D eigenvalue weighted by atomic mass is 32.1. The maximum atomic E-state index is 14.8. The molecule has 2 aliphatic carbocycles. The minimum absolute atomic E-state index is 0.0471. The van der Waals surface area contributed by atoms with Gasteiger partial charge >= 0.3 is 0 Å². The lowest BCUT2D eigenvalue weighted by atomic mass is 9.85. The number of ether oxygens (including phenoxy) is 1. The zero-order valence-electron chi connectivity index (χ0n) is 46.6. The van der Waals surface area contributed by atoms with Crippen LogP contribution in [0.3, 0.4) is 0 Å². The maximum absolute atomic E-state index is 14.8. The van der Waals surface area contributed by atoms with Gasteiger partial charge in [0.15, 0.2) is 23.7 Å². The van der Waals surface area contributed by atoms with Crippen LogP contribution in [0.15, 0.2) is 76.8 Å². The number of phenolic OH excluding ortho intramolecular Hbond substituents is 1. The van der Waals surface area contributed by atoms with Crippen molar-refractivity contribution in [2.75, 3.05) is 40.3 Å². The number of hydrogen-bond acceptors (Lipinski definition) is 14. The number of amides is 7. The van der Waals surface area contributed by atoms with Crippen molar-refractivity contribution < 1.29 is 57.4 Å². The van der Waals surface area contributed by atoms with E-state index in [-0.39, 0.29) is 85.4 Å². The Hall–Kier alpha value is -7.72. The summed E-state index contributed by atoms with van der Waals surface area (Å²) >= 11 is 1.50. The number of aliphatic hydroxyl groups excluding tert-OH is 1. The quantitative estimate of drug-likeness (QED) is 0.0330. The van der Waals surface area contributed by atoms with Gasteiger partial charge in [-0.1, -0.05) is 81.6 Å². The molecule has 1 saturated carbocycles. The van der Waals surface area contributed by atoms with E-state index in [9.17, 15) is 48.2 Å². The molecule has 0 unspecified atom stereocenters. The van der Waals surface area contributed by atoms with Crippen molar-refractivity contribution in [2.45, 2.75) is 134 Å². The molecule has 3 aromatic carbocycles. The second-order valence-electron chi connectivity index (χ2n) is 22.5. The SMILES string of the molecule is Cc1ncsc1-c1ccc([C@H](CC(=O)NCCCCCCCNC(=O)COc2ccc3c(c2)[C@H](NC(=O)c2cc(-c4ccc(C(=O)N(C)C)c(O)c4)on2)CC3)NC(=O)[C@@H]2C[C@@H](O)CN2C(=O)[C@@H](NC(=O)C2(F)CC2)C(C)(C)C)cc1. The molecule has 81 heavy (non-hydrogen) atoms. The predicted molar refractivity (Wildman–Crippen MR) is 300 cm³/mol. The minimum Gasteiger partial charge on any atom is -0.507 e. The standard InChI is InChI=1S/C59H72FN9O11S/c1-34-51(81-33-63-34)37-14-12-36(13-15-37)44(65-54(75)46-27-39(70)31-69(46)56(77)52(58(2,3)4)66-57(78)59(60)22-23-59)30-49(72)61-24-10-8-7-9-11-25-62-50(73)32-79-40-19-16-35-18-21-43(42(35)28-40)64-53(74)45-29-48(80-67-45)38-17-20-41(47(71)26-38)55(76)68(5)6/h12-17,19-20,26,28-29,33,39,43-44,46,52,70-71H,7-11,18,21-25,27,30-32H2,1-6H3,(H,61,72)(H,62,73)(H,64,74)(H,65,75)(H,66,78)/t39-,43-,44+,46+,52-/m1/s1. The van der Waals surface area contributed by atoms with Crippen LogP contribution in [0.2, 0.25) is 0 Å². The summed E-state index contributed by atoms with van der Waals surface area (Å²) in [5.74, 6) is -2.92. The van der Waals surface area contributed by atoms with Crippen molar-refractivity contribution in [3.63, 3.8) is 0 Å². The number of fused-ring (bicyclic) bond motifs is 1. The fourth-order valence-electron chi connectivity index (χ4n) is 10.1. The van der Waals surface area contributed by atoms with Gasteiger partial charge in [0, 0.05) is 51.8 Å². The third-order valence-electron chi connectivity index (χ3n) is 14.9. The van der Waals surface area contributed by atoms with E-state index < -0.39 is 58.9 Å². The van der Waals surface area contributed by atoms with E-state index >= 15 is 0 Å². The summed E-state index contributed by atoms with van der Waals surface area (Å²) in [5.41, 5.74) is 3.90. The first-order valence-electron chi connectivity index (χ1n) is 27.5. The van der Waals surface area contributed by atoms with E-state index in [2.05, 4.69) is 36.7 Å². The van der Waals surface area contributed by atoms with Gasteiger partial charge in [-0.3, -0.25) is 33.6 Å². The number of phenols is 1. The number of alkyl halides is 1. The van der Waals surface area contributed by atoms with Crippen LogP contribution in [0.1, 0.15) is 140 Å². The van der Waals surface area contributed by atoms with Gasteiger partial charge in [-0.25, -0.2) is 9.37 Å². The molecule has 2 fully saturated rings. The van der Waals surface area contributed by atoms with Crippen molar-refractivity contribution in [2.24, 2.45) is 5.41 Å². The van der Waals surface area contributed by atoms with Crippen LogP contribution in [0.25, 0.3) is 21.8 Å². The summed E-state index contributed by atoms with van der Waals surface area (Å²) in [6.45, 7) is 7.63. The summed E-state index contributed by atoms with van der Waals surface area (Å²) < 4.78 is 26.0. The Kier molecular flexibility index (Phi) is 18.9. The number of carbonyl (C=O) groups is 7. The van der Waals surface area contributed by atoms with Gasteiger partial charge in [0.1, 0.15) is 23.6 Å².